The molecule has 0 bridgehead atoms. The Kier molecular flexibility index (Phi) is 3.76. The smallest absolute Gasteiger partial charge is 0.307 e. The number of fused-ring (bicyclic) bond motifs is 6. The molecule has 0 saturated heterocycles. The van der Waals surface area contributed by atoms with E-state index < -0.39 is 0 Å². The van der Waals surface area contributed by atoms with E-state index in [0.717, 1.165) is 0 Å². The standard InChI is InChI=1S/C18N12/c1-23-17-9(5-21)27-13-11-12(26-8(4-20)7(3-19)25-11)15-14(16(13)30-17)28-10(6-22)18(24-2)29-15. The first kappa shape index (κ1) is 17.6. The topological polar surface area (TPSA) is 181 Å². The lowest BCUT2D eigenvalue weighted by atomic mass is 10.1. The molecule has 4 rings (SSSR count). The number of nitriles is 4. The van der Waals surface area contributed by atoms with Crippen molar-refractivity contribution in [2.75, 3.05) is 0 Å². The second-order valence-electron chi connectivity index (χ2n) is 5.47. The maximum atomic E-state index is 9.30. The second-order valence-corrected chi connectivity index (χ2v) is 5.47. The van der Waals surface area contributed by atoms with Crippen LogP contribution in [0.5, 0.6) is 0 Å². The summed E-state index contributed by atoms with van der Waals surface area (Å²) in [6.45, 7) is 14.5. The number of benzene rings is 1. The molecule has 0 saturated carbocycles. The van der Waals surface area contributed by atoms with Gasteiger partial charge in [0, 0.05) is 0 Å². The van der Waals surface area contributed by atoms with Crippen LogP contribution in [0.3, 0.4) is 0 Å². The van der Waals surface area contributed by atoms with E-state index in [4.69, 9.17) is 13.1 Å². The van der Waals surface area contributed by atoms with Gasteiger partial charge in [0.2, 0.25) is 11.0 Å². The van der Waals surface area contributed by atoms with Gasteiger partial charge in [0.25, 0.3) is 0 Å². The van der Waals surface area contributed by atoms with Gasteiger partial charge < -0.3 is 9.69 Å². The Hall–Kier alpha value is -5.82. The Morgan fingerprint density at radius 1 is 0.467 bits per heavy atom. The number of hydrogen-bond acceptors (Lipinski definition) is 10. The third kappa shape index (κ3) is 2.27. The number of hydrogen-bond donors (Lipinski definition) is 0. The molecule has 0 amide bonds. The Bertz CT molecular complexity index is 1350. The summed E-state index contributed by atoms with van der Waals surface area (Å²) in [5.74, 6) is -0.607. The van der Waals surface area contributed by atoms with Crippen LogP contribution < -0.4 is 0 Å². The zero-order valence-electron chi connectivity index (χ0n) is 14.4. The molecule has 0 radical (unpaired) electrons. The molecule has 0 fully saturated rings. The van der Waals surface area contributed by atoms with Crippen molar-refractivity contribution < 1.29 is 0 Å². The van der Waals surface area contributed by atoms with Gasteiger partial charge in [0.15, 0.2) is 28.3 Å². The monoisotopic (exact) mass is 384 g/mol. The molecule has 0 aliphatic carbocycles. The zero-order valence-corrected chi connectivity index (χ0v) is 14.4. The first-order chi connectivity index (χ1) is 14.6. The van der Waals surface area contributed by atoms with Crippen LogP contribution in [0, 0.1) is 58.5 Å². The fourth-order valence-electron chi connectivity index (χ4n) is 2.74. The predicted octanol–water partition coefficient (Wildman–Crippen LogP) is 2.10. The first-order valence-corrected chi connectivity index (χ1v) is 7.72. The van der Waals surface area contributed by atoms with Crippen molar-refractivity contribution >= 4 is 44.7 Å². The van der Waals surface area contributed by atoms with Gasteiger partial charge in [-0.05, 0) is 0 Å². The van der Waals surface area contributed by atoms with Gasteiger partial charge in [-0.15, -0.1) is 9.97 Å². The number of nitrogens with zero attached hydrogens (tertiary/aromatic N) is 12. The highest BCUT2D eigenvalue weighted by molar-refractivity contribution is 6.18. The lowest BCUT2D eigenvalue weighted by Crippen LogP contribution is -2.02. The Morgan fingerprint density at radius 2 is 0.733 bits per heavy atom. The molecule has 0 aliphatic heterocycles. The van der Waals surface area contributed by atoms with Crippen molar-refractivity contribution in [3.8, 4) is 24.3 Å². The minimum Gasteiger partial charge on any atom is -0.358 e. The lowest BCUT2D eigenvalue weighted by molar-refractivity contribution is 1.18. The van der Waals surface area contributed by atoms with E-state index >= 15 is 0 Å². The van der Waals surface area contributed by atoms with E-state index in [0.29, 0.717) is 0 Å². The Balaban J connectivity index is 2.42. The maximum Gasteiger partial charge on any atom is 0.307 e. The molecule has 12 heteroatoms. The van der Waals surface area contributed by atoms with Crippen LogP contribution >= 0.6 is 0 Å². The Morgan fingerprint density at radius 3 is 1.00 bits per heavy atom. The highest BCUT2D eigenvalue weighted by Crippen LogP contribution is 2.33. The van der Waals surface area contributed by atoms with Crippen LogP contribution in [0.1, 0.15) is 22.8 Å². The maximum absolute atomic E-state index is 9.30. The first-order valence-electron chi connectivity index (χ1n) is 7.72. The van der Waals surface area contributed by atoms with Crippen molar-refractivity contribution in [1.29, 1.82) is 21.0 Å². The molecule has 0 aliphatic rings. The van der Waals surface area contributed by atoms with Gasteiger partial charge in [-0.1, -0.05) is 13.1 Å². The van der Waals surface area contributed by atoms with Crippen LogP contribution in [0.4, 0.5) is 11.6 Å². The van der Waals surface area contributed by atoms with Crippen LogP contribution in [0.15, 0.2) is 0 Å². The molecule has 12 nitrogen and oxygen atoms in total. The molecule has 132 valence electrons. The summed E-state index contributed by atoms with van der Waals surface area (Å²) in [4.78, 5) is 31.1. The third-order valence-electron chi connectivity index (χ3n) is 3.96. The Labute approximate surface area is 166 Å². The molecule has 30 heavy (non-hydrogen) atoms. The van der Waals surface area contributed by atoms with Gasteiger partial charge in [-0.2, -0.15) is 21.0 Å². The summed E-state index contributed by atoms with van der Waals surface area (Å²) in [6, 6.07) is 7.04. The van der Waals surface area contributed by atoms with Gasteiger partial charge in [-0.25, -0.2) is 19.9 Å². The van der Waals surface area contributed by atoms with E-state index in [-0.39, 0.29) is 67.5 Å². The van der Waals surface area contributed by atoms with Crippen molar-refractivity contribution in [2.45, 2.75) is 0 Å². The molecule has 3 heterocycles. The van der Waals surface area contributed by atoms with Crippen molar-refractivity contribution in [3.63, 3.8) is 0 Å². The van der Waals surface area contributed by atoms with E-state index in [1.807, 2.05) is 0 Å². The summed E-state index contributed by atoms with van der Waals surface area (Å²) < 4.78 is 0. The molecule has 0 atom stereocenters. The molecule has 1 aromatic carbocycles. The third-order valence-corrected chi connectivity index (χ3v) is 3.96. The summed E-state index contributed by atoms with van der Waals surface area (Å²) in [6.07, 6.45) is 0. The van der Waals surface area contributed by atoms with Gasteiger partial charge in [0.05, 0.1) is 0 Å². The lowest BCUT2D eigenvalue weighted by Gasteiger charge is -2.06. The zero-order chi connectivity index (χ0) is 21.4. The molecule has 3 aromatic heterocycles. The van der Waals surface area contributed by atoms with E-state index in [1.54, 1.807) is 24.3 Å². The highest BCUT2D eigenvalue weighted by atomic mass is 15.0. The minimum atomic E-state index is -0.303. The SMILES string of the molecule is [C-]#[N+]c1nc2c3nc(C#N)c(C#N)nc3c3nc(C#N)c([N+]#[C-])nc3c2nc1C#N. The normalized spacial score (nSPS) is 9.80. The van der Waals surface area contributed by atoms with Crippen LogP contribution in [-0.4, -0.2) is 29.9 Å². The van der Waals surface area contributed by atoms with Gasteiger partial charge in [-0.3, -0.25) is 0 Å². The minimum absolute atomic E-state index is 0.00811. The molecular formula is C18N12. The number of aromatic nitrogens is 6. The average Bonchev–Trinajstić information content (AvgIpc) is 2.81. The summed E-state index contributed by atoms with van der Waals surface area (Å²) >= 11 is 0. The van der Waals surface area contributed by atoms with E-state index in [9.17, 15) is 21.0 Å². The largest absolute Gasteiger partial charge is 0.358 e. The molecule has 0 N–H and O–H groups in total. The van der Waals surface area contributed by atoms with Gasteiger partial charge in [0.1, 0.15) is 40.8 Å². The average molecular weight is 384 g/mol. The fraction of sp³-hybridized carbons (Fsp3) is 0. The summed E-state index contributed by atoms with van der Waals surface area (Å²) in [7, 11) is 0. The highest BCUT2D eigenvalue weighted by Gasteiger charge is 2.26. The van der Waals surface area contributed by atoms with Crippen LogP contribution in [0.2, 0.25) is 0 Å². The summed E-state index contributed by atoms with van der Waals surface area (Å²) in [5, 5.41) is 37.2. The van der Waals surface area contributed by atoms with Crippen molar-refractivity contribution in [3.05, 3.63) is 45.6 Å². The fourth-order valence-corrected chi connectivity index (χ4v) is 2.74. The molecular weight excluding hydrogens is 384 g/mol. The van der Waals surface area contributed by atoms with E-state index in [1.165, 1.54) is 0 Å². The molecule has 0 unspecified atom stereocenters. The quantitative estimate of drug-likeness (QED) is 0.321. The van der Waals surface area contributed by atoms with Crippen LogP contribution in [0.25, 0.3) is 42.8 Å². The number of rotatable bonds is 0. The predicted molar refractivity (Wildman–Crippen MR) is 97.1 cm³/mol. The van der Waals surface area contributed by atoms with E-state index in [2.05, 4.69) is 39.6 Å². The second kappa shape index (κ2) is 6.41. The molecule has 0 spiro atoms. The van der Waals surface area contributed by atoms with Crippen molar-refractivity contribution in [1.82, 2.24) is 29.9 Å². The molecule has 4 aromatic rings. The van der Waals surface area contributed by atoms with Gasteiger partial charge >= 0.3 is 11.6 Å². The van der Waals surface area contributed by atoms with Crippen molar-refractivity contribution in [2.24, 2.45) is 0 Å². The van der Waals surface area contributed by atoms with Crippen LogP contribution in [-0.2, 0) is 0 Å². The summed E-state index contributed by atoms with van der Waals surface area (Å²) in [5.41, 5.74) is -1.19.